The highest BCUT2D eigenvalue weighted by Gasteiger charge is 2.04. The topological polar surface area (TPSA) is 35.2 Å². The predicted octanol–water partition coefficient (Wildman–Crippen LogP) is 2.41. The van der Waals surface area contributed by atoms with Gasteiger partial charge >= 0.3 is 0 Å². The molecule has 2 atom stereocenters. The van der Waals surface area contributed by atoms with E-state index in [-0.39, 0.29) is 12.1 Å². The van der Waals surface area contributed by atoms with Crippen molar-refractivity contribution in [1.29, 1.82) is 0 Å². The second kappa shape index (κ2) is 4.40. The third-order valence-electron chi connectivity index (χ3n) is 2.29. The first kappa shape index (κ1) is 10.2. The lowest BCUT2D eigenvalue weighted by Crippen LogP contribution is -2.05. The Morgan fingerprint density at radius 3 is 1.92 bits per heavy atom. The molecular weight excluding hydrogens is 162 g/mol. The summed E-state index contributed by atoms with van der Waals surface area (Å²) < 4.78 is 5.21. The number of hydrogen-bond acceptors (Lipinski definition) is 2. The Bertz CT molecular complexity index is 253. The maximum Gasteiger partial charge on any atom is 0.0793 e. The molecule has 1 aromatic carbocycles. The van der Waals surface area contributed by atoms with Crippen molar-refractivity contribution < 1.29 is 4.74 Å². The third kappa shape index (κ3) is 2.54. The van der Waals surface area contributed by atoms with Gasteiger partial charge in [0.15, 0.2) is 0 Å². The van der Waals surface area contributed by atoms with Crippen LogP contribution in [0.3, 0.4) is 0 Å². The first-order valence-electron chi connectivity index (χ1n) is 4.53. The van der Waals surface area contributed by atoms with Crippen LogP contribution in [0.4, 0.5) is 0 Å². The van der Waals surface area contributed by atoms with Crippen LogP contribution in [-0.4, -0.2) is 7.11 Å². The third-order valence-corrected chi connectivity index (χ3v) is 2.29. The highest BCUT2D eigenvalue weighted by atomic mass is 16.5. The number of ether oxygens (including phenoxy) is 1. The van der Waals surface area contributed by atoms with Crippen molar-refractivity contribution in [1.82, 2.24) is 0 Å². The maximum atomic E-state index is 5.74. The molecule has 0 aromatic heterocycles. The average molecular weight is 179 g/mol. The smallest absolute Gasteiger partial charge is 0.0793 e. The molecule has 1 aromatic rings. The molecule has 0 heterocycles. The van der Waals surface area contributed by atoms with E-state index in [0.717, 1.165) is 5.56 Å². The molecule has 0 saturated heterocycles. The van der Waals surface area contributed by atoms with Gasteiger partial charge in [0.2, 0.25) is 0 Å². The van der Waals surface area contributed by atoms with Crippen molar-refractivity contribution in [2.75, 3.05) is 7.11 Å². The molecule has 0 aliphatic carbocycles. The van der Waals surface area contributed by atoms with Crippen LogP contribution in [0.15, 0.2) is 24.3 Å². The van der Waals surface area contributed by atoms with Gasteiger partial charge in [-0.25, -0.2) is 0 Å². The van der Waals surface area contributed by atoms with Crippen LogP contribution in [0.5, 0.6) is 0 Å². The Morgan fingerprint density at radius 1 is 1.08 bits per heavy atom. The van der Waals surface area contributed by atoms with Crippen LogP contribution in [0.25, 0.3) is 0 Å². The quantitative estimate of drug-likeness (QED) is 0.773. The van der Waals surface area contributed by atoms with Crippen molar-refractivity contribution in [3.05, 3.63) is 35.4 Å². The average Bonchev–Trinajstić information content (AvgIpc) is 2.17. The van der Waals surface area contributed by atoms with Gasteiger partial charge in [-0.1, -0.05) is 24.3 Å². The highest BCUT2D eigenvalue weighted by Crippen LogP contribution is 2.18. The molecule has 0 spiro atoms. The SMILES string of the molecule is COC(C)c1ccc(C(C)N)cc1. The Kier molecular flexibility index (Phi) is 3.46. The number of hydrogen-bond donors (Lipinski definition) is 1. The fourth-order valence-corrected chi connectivity index (χ4v) is 1.21. The molecule has 13 heavy (non-hydrogen) atoms. The van der Waals surface area contributed by atoms with Gasteiger partial charge in [-0.05, 0) is 25.0 Å². The van der Waals surface area contributed by atoms with Gasteiger partial charge in [0.25, 0.3) is 0 Å². The molecule has 2 nitrogen and oxygen atoms in total. The summed E-state index contributed by atoms with van der Waals surface area (Å²) in [7, 11) is 1.71. The molecule has 0 aliphatic heterocycles. The van der Waals surface area contributed by atoms with Gasteiger partial charge in [-0.2, -0.15) is 0 Å². The summed E-state index contributed by atoms with van der Waals surface area (Å²) >= 11 is 0. The molecule has 1 rings (SSSR count). The molecule has 2 N–H and O–H groups in total. The monoisotopic (exact) mass is 179 g/mol. The minimum atomic E-state index is 0.104. The first-order chi connectivity index (χ1) is 6.15. The van der Waals surface area contributed by atoms with E-state index in [0.29, 0.717) is 0 Å². The zero-order valence-corrected chi connectivity index (χ0v) is 8.45. The van der Waals surface area contributed by atoms with Gasteiger partial charge in [0.1, 0.15) is 0 Å². The molecule has 0 radical (unpaired) electrons. The number of methoxy groups -OCH3 is 1. The Labute approximate surface area is 79.7 Å². The van der Waals surface area contributed by atoms with Crippen LogP contribution in [0, 0.1) is 0 Å². The minimum Gasteiger partial charge on any atom is -0.377 e. The maximum absolute atomic E-state index is 5.74. The number of rotatable bonds is 3. The van der Waals surface area contributed by atoms with Crippen LogP contribution >= 0.6 is 0 Å². The van der Waals surface area contributed by atoms with Crippen LogP contribution in [0.1, 0.15) is 37.1 Å². The second-order valence-electron chi connectivity index (χ2n) is 3.33. The fraction of sp³-hybridized carbons (Fsp3) is 0.455. The molecular formula is C11H17NO. The van der Waals surface area contributed by atoms with E-state index in [9.17, 15) is 0 Å². The number of nitrogens with two attached hydrogens (primary N) is 1. The molecule has 72 valence electrons. The van der Waals surface area contributed by atoms with Gasteiger partial charge in [-0.15, -0.1) is 0 Å². The van der Waals surface area contributed by atoms with Crippen molar-refractivity contribution in [3.8, 4) is 0 Å². The standard InChI is InChI=1S/C11H17NO/c1-8(12)10-4-6-11(7-5-10)9(2)13-3/h4-9H,12H2,1-3H3. The zero-order chi connectivity index (χ0) is 9.84. The fourth-order valence-electron chi connectivity index (χ4n) is 1.21. The molecule has 2 heteroatoms. The Balaban J connectivity index is 2.81. The molecule has 0 bridgehead atoms. The van der Waals surface area contributed by atoms with E-state index in [1.807, 2.05) is 13.8 Å². The Morgan fingerprint density at radius 2 is 1.54 bits per heavy atom. The molecule has 0 fully saturated rings. The van der Waals surface area contributed by atoms with E-state index in [1.165, 1.54) is 5.56 Å². The Hall–Kier alpha value is -0.860. The summed E-state index contributed by atoms with van der Waals surface area (Å²) in [6, 6.07) is 8.33. The second-order valence-corrected chi connectivity index (χ2v) is 3.33. The lowest BCUT2D eigenvalue weighted by Gasteiger charge is -2.11. The largest absolute Gasteiger partial charge is 0.377 e. The summed E-state index contributed by atoms with van der Waals surface area (Å²) in [5.41, 5.74) is 8.09. The van der Waals surface area contributed by atoms with E-state index in [2.05, 4.69) is 24.3 Å². The molecule has 2 unspecified atom stereocenters. The summed E-state index contributed by atoms with van der Waals surface area (Å²) in [4.78, 5) is 0. The predicted molar refractivity (Wildman–Crippen MR) is 54.5 cm³/mol. The van der Waals surface area contributed by atoms with E-state index in [4.69, 9.17) is 10.5 Å². The number of benzene rings is 1. The van der Waals surface area contributed by atoms with Crippen molar-refractivity contribution >= 4 is 0 Å². The molecule has 0 aliphatic rings. The van der Waals surface area contributed by atoms with E-state index in [1.54, 1.807) is 7.11 Å². The summed E-state index contributed by atoms with van der Waals surface area (Å²) in [6.07, 6.45) is 0.155. The van der Waals surface area contributed by atoms with Crippen LogP contribution < -0.4 is 5.73 Å². The lowest BCUT2D eigenvalue weighted by molar-refractivity contribution is 0.119. The van der Waals surface area contributed by atoms with Crippen molar-refractivity contribution in [3.63, 3.8) is 0 Å². The minimum absolute atomic E-state index is 0.104. The van der Waals surface area contributed by atoms with Crippen molar-refractivity contribution in [2.24, 2.45) is 5.73 Å². The molecule has 0 saturated carbocycles. The summed E-state index contributed by atoms with van der Waals surface area (Å²) in [6.45, 7) is 4.01. The van der Waals surface area contributed by atoms with Gasteiger partial charge in [-0.3, -0.25) is 0 Å². The van der Waals surface area contributed by atoms with E-state index >= 15 is 0 Å². The van der Waals surface area contributed by atoms with Gasteiger partial charge in [0, 0.05) is 13.2 Å². The normalized spacial score (nSPS) is 15.4. The van der Waals surface area contributed by atoms with Crippen LogP contribution in [-0.2, 0) is 4.74 Å². The zero-order valence-electron chi connectivity index (χ0n) is 8.45. The van der Waals surface area contributed by atoms with Gasteiger partial charge < -0.3 is 10.5 Å². The summed E-state index contributed by atoms with van der Waals surface area (Å²) in [5.74, 6) is 0. The summed E-state index contributed by atoms with van der Waals surface area (Å²) in [5, 5.41) is 0. The van der Waals surface area contributed by atoms with E-state index < -0.39 is 0 Å². The van der Waals surface area contributed by atoms with Gasteiger partial charge in [0.05, 0.1) is 6.10 Å². The lowest BCUT2D eigenvalue weighted by atomic mass is 10.0. The van der Waals surface area contributed by atoms with Crippen LogP contribution in [0.2, 0.25) is 0 Å². The highest BCUT2D eigenvalue weighted by molar-refractivity contribution is 5.25. The first-order valence-corrected chi connectivity index (χ1v) is 4.53. The van der Waals surface area contributed by atoms with Crippen molar-refractivity contribution in [2.45, 2.75) is 26.0 Å². The molecule has 0 amide bonds.